The average Bonchev–Trinajstić information content (AvgIpc) is 3.23. The van der Waals surface area contributed by atoms with Gasteiger partial charge in [0.15, 0.2) is 12.3 Å². The van der Waals surface area contributed by atoms with E-state index in [1.54, 1.807) is 68.4 Å². The Hall–Kier alpha value is -3.54. The number of hydrogen-bond acceptors (Lipinski definition) is 8. The Morgan fingerprint density at radius 3 is 2.11 bits per heavy atom. The van der Waals surface area contributed by atoms with Crippen molar-refractivity contribution in [3.05, 3.63) is 83.1 Å². The molecule has 2 aromatic carbocycles. The molecule has 4 rings (SSSR count). The van der Waals surface area contributed by atoms with E-state index in [9.17, 15) is 22.8 Å². The third-order valence-corrected chi connectivity index (χ3v) is 7.58. The fourth-order valence-corrected chi connectivity index (χ4v) is 5.90. The van der Waals surface area contributed by atoms with Crippen LogP contribution in [0.25, 0.3) is 0 Å². The predicted molar refractivity (Wildman–Crippen MR) is 127 cm³/mol. The number of sulfonamides is 1. The van der Waals surface area contributed by atoms with Crippen LogP contribution in [-0.2, 0) is 51.0 Å². The van der Waals surface area contributed by atoms with Gasteiger partial charge in [-0.15, -0.1) is 4.31 Å². The lowest BCUT2D eigenvalue weighted by Gasteiger charge is -2.43. The molecule has 2 aliphatic rings. The van der Waals surface area contributed by atoms with Gasteiger partial charge in [0.25, 0.3) is 5.91 Å². The number of hydrogen-bond donors (Lipinski definition) is 0. The first kappa shape index (κ1) is 25.5. The molecule has 2 aliphatic heterocycles. The molecule has 0 N–H and O–H groups in total. The number of carbonyl (C=O) groups excluding carboxylic acids is 3. The quantitative estimate of drug-likeness (QED) is 0.298. The number of likely N-dealkylation sites (tertiary alicyclic amines) is 1. The van der Waals surface area contributed by atoms with E-state index in [-0.39, 0.29) is 12.3 Å². The van der Waals surface area contributed by atoms with Gasteiger partial charge in [-0.25, -0.2) is 18.0 Å². The summed E-state index contributed by atoms with van der Waals surface area (Å²) in [5.74, 6) is -2.89. The van der Waals surface area contributed by atoms with Crippen LogP contribution in [0.3, 0.4) is 0 Å². The molecule has 0 radical (unpaired) electrons. The average molecular weight is 515 g/mol. The molecule has 3 unspecified atom stereocenters. The predicted octanol–water partition coefficient (Wildman–Crippen LogP) is 1.92. The SMILES string of the molecule is COC(=O)C1OC2C(C(=O)N2C(C(=O)OCc2ccccc2)=C(C)C)N1S(=O)(=O)Cc1ccccc1. The summed E-state index contributed by atoms with van der Waals surface area (Å²) >= 11 is 0. The van der Waals surface area contributed by atoms with Crippen LogP contribution in [0.1, 0.15) is 25.0 Å². The zero-order chi connectivity index (χ0) is 26.0. The topological polar surface area (TPSA) is 120 Å². The van der Waals surface area contributed by atoms with E-state index < -0.39 is 52.1 Å². The molecule has 3 atom stereocenters. The minimum absolute atomic E-state index is 0.0181. The normalized spacial score (nSPS) is 21.4. The van der Waals surface area contributed by atoms with Crippen LogP contribution in [0.4, 0.5) is 0 Å². The van der Waals surface area contributed by atoms with Crippen molar-refractivity contribution in [2.75, 3.05) is 7.11 Å². The molecule has 10 nitrogen and oxygen atoms in total. The van der Waals surface area contributed by atoms with E-state index in [2.05, 4.69) is 0 Å². The summed E-state index contributed by atoms with van der Waals surface area (Å²) in [6, 6.07) is 16.1. The maximum Gasteiger partial charge on any atom is 0.355 e. The van der Waals surface area contributed by atoms with Gasteiger partial charge in [0.2, 0.25) is 16.3 Å². The van der Waals surface area contributed by atoms with Crippen molar-refractivity contribution in [2.45, 2.75) is 44.7 Å². The monoisotopic (exact) mass is 514 g/mol. The van der Waals surface area contributed by atoms with E-state index in [1.807, 2.05) is 6.07 Å². The van der Waals surface area contributed by atoms with Crippen LogP contribution in [0.5, 0.6) is 0 Å². The lowest BCUT2D eigenvalue weighted by Crippen LogP contribution is -2.67. The van der Waals surface area contributed by atoms with E-state index in [0.717, 1.165) is 21.9 Å². The lowest BCUT2D eigenvalue weighted by molar-refractivity contribution is -0.175. The molecule has 190 valence electrons. The Morgan fingerprint density at radius 2 is 1.56 bits per heavy atom. The summed E-state index contributed by atoms with van der Waals surface area (Å²) < 4.78 is 43.3. The highest BCUT2D eigenvalue weighted by Gasteiger charge is 2.66. The van der Waals surface area contributed by atoms with Crippen LogP contribution in [0.15, 0.2) is 71.9 Å². The first-order valence-corrected chi connectivity index (χ1v) is 12.8. The van der Waals surface area contributed by atoms with Crippen LogP contribution >= 0.6 is 0 Å². The van der Waals surface area contributed by atoms with E-state index in [0.29, 0.717) is 11.1 Å². The number of esters is 2. The number of carbonyl (C=O) groups is 3. The van der Waals surface area contributed by atoms with E-state index >= 15 is 0 Å². The molecule has 0 aliphatic carbocycles. The number of methoxy groups -OCH3 is 1. The minimum atomic E-state index is -4.19. The summed E-state index contributed by atoms with van der Waals surface area (Å²) in [5.41, 5.74) is 1.63. The molecule has 0 aromatic heterocycles. The second-order valence-electron chi connectivity index (χ2n) is 8.54. The standard InChI is InChI=1S/C25H26N2O8S/c1-16(2)19(24(29)34-14-17-10-6-4-7-11-17)26-21(28)20-22(26)35-23(25(30)33-3)27(20)36(31,32)15-18-12-8-5-9-13-18/h4-13,20,22-23H,14-15H2,1-3H3. The van der Waals surface area contributed by atoms with Crippen molar-refractivity contribution in [1.82, 2.24) is 9.21 Å². The summed E-state index contributed by atoms with van der Waals surface area (Å²) in [7, 11) is -3.10. The lowest BCUT2D eigenvalue weighted by atomic mass is 10.0. The van der Waals surface area contributed by atoms with Gasteiger partial charge in [0.1, 0.15) is 12.3 Å². The zero-order valence-corrected chi connectivity index (χ0v) is 20.8. The molecule has 1 amide bonds. The van der Waals surface area contributed by atoms with Crippen molar-refractivity contribution in [2.24, 2.45) is 0 Å². The maximum atomic E-state index is 13.3. The molecule has 11 heteroatoms. The van der Waals surface area contributed by atoms with Crippen LogP contribution in [0, 0.1) is 0 Å². The van der Waals surface area contributed by atoms with Crippen molar-refractivity contribution in [1.29, 1.82) is 0 Å². The molecule has 0 spiro atoms. The van der Waals surface area contributed by atoms with Crippen LogP contribution in [0.2, 0.25) is 0 Å². The Morgan fingerprint density at radius 1 is 0.972 bits per heavy atom. The maximum absolute atomic E-state index is 13.3. The Kier molecular flexibility index (Phi) is 7.25. The summed E-state index contributed by atoms with van der Waals surface area (Å²) in [4.78, 5) is 39.8. The molecular formula is C25H26N2O8S. The Labute approximate surface area is 209 Å². The first-order chi connectivity index (χ1) is 17.2. The largest absolute Gasteiger partial charge is 0.466 e. The number of allylic oxidation sites excluding steroid dienone is 1. The van der Waals surface area contributed by atoms with E-state index in [4.69, 9.17) is 14.2 Å². The Bertz CT molecular complexity index is 1290. The van der Waals surface area contributed by atoms with Crippen molar-refractivity contribution < 1.29 is 37.0 Å². The molecule has 0 saturated carbocycles. The third kappa shape index (κ3) is 4.77. The number of rotatable bonds is 8. The summed E-state index contributed by atoms with van der Waals surface area (Å²) in [6.45, 7) is 3.22. The summed E-state index contributed by atoms with van der Waals surface area (Å²) in [6.07, 6.45) is -2.87. The molecule has 36 heavy (non-hydrogen) atoms. The first-order valence-electron chi connectivity index (χ1n) is 11.2. The molecule has 0 bridgehead atoms. The molecule has 2 aromatic rings. The third-order valence-electron chi connectivity index (χ3n) is 5.83. The van der Waals surface area contributed by atoms with Crippen molar-refractivity contribution >= 4 is 27.9 Å². The van der Waals surface area contributed by atoms with Gasteiger partial charge in [0.05, 0.1) is 12.9 Å². The highest BCUT2D eigenvalue weighted by atomic mass is 32.2. The number of β-lactam (4-membered cyclic amide) rings is 1. The van der Waals surface area contributed by atoms with E-state index in [1.165, 1.54) is 0 Å². The fraction of sp³-hybridized carbons (Fsp3) is 0.320. The van der Waals surface area contributed by atoms with Gasteiger partial charge >= 0.3 is 11.9 Å². The number of fused-ring (bicyclic) bond motifs is 1. The highest BCUT2D eigenvalue weighted by molar-refractivity contribution is 7.88. The molecule has 2 saturated heterocycles. The fourth-order valence-electron chi connectivity index (χ4n) is 4.17. The molecule has 2 heterocycles. The second kappa shape index (κ2) is 10.2. The van der Waals surface area contributed by atoms with Crippen molar-refractivity contribution in [3.63, 3.8) is 0 Å². The van der Waals surface area contributed by atoms with Gasteiger partial charge in [-0.05, 0) is 30.5 Å². The number of amides is 1. The number of benzene rings is 2. The van der Waals surface area contributed by atoms with Gasteiger partial charge < -0.3 is 14.2 Å². The Balaban J connectivity index is 1.59. The molecular weight excluding hydrogens is 488 g/mol. The van der Waals surface area contributed by atoms with Crippen LogP contribution in [-0.4, -0.2) is 61.1 Å². The van der Waals surface area contributed by atoms with Gasteiger partial charge in [-0.3, -0.25) is 9.69 Å². The minimum Gasteiger partial charge on any atom is -0.466 e. The van der Waals surface area contributed by atoms with Gasteiger partial charge in [-0.1, -0.05) is 60.7 Å². The van der Waals surface area contributed by atoms with Crippen molar-refractivity contribution in [3.8, 4) is 0 Å². The summed E-state index contributed by atoms with van der Waals surface area (Å²) in [5, 5.41) is 0. The van der Waals surface area contributed by atoms with Gasteiger partial charge in [-0.2, -0.15) is 0 Å². The number of ether oxygens (including phenoxy) is 3. The van der Waals surface area contributed by atoms with Gasteiger partial charge in [0, 0.05) is 0 Å². The number of nitrogens with zero attached hydrogens (tertiary/aromatic N) is 2. The highest BCUT2D eigenvalue weighted by Crippen LogP contribution is 2.41. The van der Waals surface area contributed by atoms with Crippen LogP contribution < -0.4 is 0 Å². The second-order valence-corrected chi connectivity index (χ2v) is 10.4. The zero-order valence-electron chi connectivity index (χ0n) is 20.0. The molecule has 2 fully saturated rings. The smallest absolute Gasteiger partial charge is 0.355 e.